The molecule has 0 spiro atoms. The molecular formula is C20H18F2N8O2. The van der Waals surface area contributed by atoms with Crippen LogP contribution in [0.15, 0.2) is 36.5 Å². The Bertz CT molecular complexity index is 1320. The number of nitrogens with two attached hydrogens (primary N) is 2. The Labute approximate surface area is 179 Å². The van der Waals surface area contributed by atoms with E-state index >= 15 is 0 Å². The number of carboxylic acid groups (broad SMARTS) is 1. The number of rotatable bonds is 5. The SMILES string of the molecule is CC(NC(=O)O)c1c(N)nc(-n2nc(Cc3ccccc3F)c3ncc(F)cc32)nc1N. The van der Waals surface area contributed by atoms with Crippen molar-refractivity contribution < 1.29 is 18.7 Å². The Morgan fingerprint density at radius 2 is 1.91 bits per heavy atom. The lowest BCUT2D eigenvalue weighted by molar-refractivity contribution is 0.191. The first kappa shape index (κ1) is 20.9. The summed E-state index contributed by atoms with van der Waals surface area (Å²) in [7, 11) is 0. The molecule has 1 amide bonds. The second kappa shape index (κ2) is 8.06. The lowest BCUT2D eigenvalue weighted by Gasteiger charge is -2.16. The number of hydrogen-bond donors (Lipinski definition) is 4. The van der Waals surface area contributed by atoms with E-state index in [1.807, 2.05) is 0 Å². The molecule has 4 aromatic rings. The maximum absolute atomic E-state index is 14.2. The van der Waals surface area contributed by atoms with E-state index in [-0.39, 0.29) is 35.1 Å². The Kier molecular flexibility index (Phi) is 5.26. The third-order valence-electron chi connectivity index (χ3n) is 4.83. The largest absolute Gasteiger partial charge is 0.465 e. The summed E-state index contributed by atoms with van der Waals surface area (Å²) < 4.78 is 29.3. The van der Waals surface area contributed by atoms with E-state index < -0.39 is 23.8 Å². The summed E-state index contributed by atoms with van der Waals surface area (Å²) in [6.45, 7) is 1.54. The molecule has 0 aliphatic heterocycles. The minimum Gasteiger partial charge on any atom is -0.465 e. The van der Waals surface area contributed by atoms with Gasteiger partial charge in [0.1, 0.15) is 28.8 Å². The number of carbonyl (C=O) groups is 1. The molecule has 3 heterocycles. The van der Waals surface area contributed by atoms with Crippen molar-refractivity contribution in [2.24, 2.45) is 0 Å². The first-order valence-corrected chi connectivity index (χ1v) is 9.44. The summed E-state index contributed by atoms with van der Waals surface area (Å²) in [5.41, 5.74) is 13.6. The maximum atomic E-state index is 14.2. The normalized spacial score (nSPS) is 12.1. The van der Waals surface area contributed by atoms with E-state index in [0.717, 1.165) is 6.20 Å². The molecule has 0 bridgehead atoms. The lowest BCUT2D eigenvalue weighted by Crippen LogP contribution is -2.27. The molecule has 12 heteroatoms. The van der Waals surface area contributed by atoms with E-state index in [1.165, 1.54) is 23.7 Å². The molecule has 0 aliphatic rings. The van der Waals surface area contributed by atoms with Crippen LogP contribution in [-0.2, 0) is 6.42 Å². The molecular weight excluding hydrogens is 422 g/mol. The molecule has 0 saturated heterocycles. The second-order valence-electron chi connectivity index (χ2n) is 7.03. The van der Waals surface area contributed by atoms with Gasteiger partial charge in [-0.1, -0.05) is 18.2 Å². The van der Waals surface area contributed by atoms with Gasteiger partial charge in [-0.05, 0) is 18.6 Å². The predicted octanol–water partition coefficient (Wildman–Crippen LogP) is 2.57. The smallest absolute Gasteiger partial charge is 0.405 e. The van der Waals surface area contributed by atoms with Crippen LogP contribution in [0, 0.1) is 11.6 Å². The van der Waals surface area contributed by atoms with Gasteiger partial charge in [-0.2, -0.15) is 19.7 Å². The monoisotopic (exact) mass is 440 g/mol. The summed E-state index contributed by atoms with van der Waals surface area (Å²) in [6.07, 6.45) is -0.138. The standard InChI is InChI=1S/C20H18F2N8O2/c1-9(26-20(31)32)15-17(23)27-19(28-18(15)24)30-14-7-11(21)8-25-16(14)13(29-30)6-10-4-2-3-5-12(10)22/h2-5,7-9,26H,6H2,1H3,(H,31,32)(H4,23,24,27,28). The number of hydrogen-bond acceptors (Lipinski definition) is 7. The Morgan fingerprint density at radius 3 is 2.56 bits per heavy atom. The zero-order chi connectivity index (χ0) is 23.0. The van der Waals surface area contributed by atoms with Crippen molar-refractivity contribution in [1.29, 1.82) is 0 Å². The highest BCUT2D eigenvalue weighted by Crippen LogP contribution is 2.27. The fraction of sp³-hybridized carbons (Fsp3) is 0.150. The van der Waals surface area contributed by atoms with Crippen LogP contribution in [0.25, 0.3) is 17.0 Å². The highest BCUT2D eigenvalue weighted by atomic mass is 19.1. The average molecular weight is 440 g/mol. The number of fused-ring (bicyclic) bond motifs is 1. The first-order chi connectivity index (χ1) is 15.2. The van der Waals surface area contributed by atoms with Crippen LogP contribution in [0.1, 0.15) is 29.8 Å². The number of nitrogens with one attached hydrogen (secondary N) is 1. The van der Waals surface area contributed by atoms with Gasteiger partial charge in [0.05, 0.1) is 29.0 Å². The average Bonchev–Trinajstić information content (AvgIpc) is 3.06. The van der Waals surface area contributed by atoms with Crippen molar-refractivity contribution in [3.05, 3.63) is 65.0 Å². The van der Waals surface area contributed by atoms with Crippen LogP contribution in [-0.4, -0.2) is 35.9 Å². The Balaban J connectivity index is 1.83. The number of nitrogen functional groups attached to an aromatic ring is 2. The summed E-state index contributed by atoms with van der Waals surface area (Å²) in [4.78, 5) is 23.4. The molecule has 1 atom stereocenters. The number of amides is 1. The van der Waals surface area contributed by atoms with E-state index in [1.54, 1.807) is 18.2 Å². The number of nitrogens with zero attached hydrogens (tertiary/aromatic N) is 5. The van der Waals surface area contributed by atoms with Gasteiger partial charge in [0.2, 0.25) is 0 Å². The van der Waals surface area contributed by atoms with Crippen molar-refractivity contribution in [2.75, 3.05) is 11.5 Å². The number of anilines is 2. The highest BCUT2D eigenvalue weighted by Gasteiger charge is 2.22. The van der Waals surface area contributed by atoms with Crippen molar-refractivity contribution >= 4 is 28.8 Å². The fourth-order valence-electron chi connectivity index (χ4n) is 3.42. The molecule has 4 rings (SSSR count). The fourth-order valence-corrected chi connectivity index (χ4v) is 3.42. The first-order valence-electron chi connectivity index (χ1n) is 9.44. The third-order valence-corrected chi connectivity index (χ3v) is 4.83. The number of aromatic nitrogens is 5. The number of benzene rings is 1. The van der Waals surface area contributed by atoms with Gasteiger partial charge in [0.15, 0.2) is 0 Å². The van der Waals surface area contributed by atoms with Crippen LogP contribution in [0.5, 0.6) is 0 Å². The van der Waals surface area contributed by atoms with E-state index in [9.17, 15) is 13.6 Å². The molecule has 1 aromatic carbocycles. The molecule has 164 valence electrons. The van der Waals surface area contributed by atoms with Gasteiger partial charge in [0, 0.05) is 12.5 Å². The van der Waals surface area contributed by atoms with Crippen LogP contribution in [0.3, 0.4) is 0 Å². The third kappa shape index (κ3) is 3.85. The second-order valence-corrected chi connectivity index (χ2v) is 7.03. The zero-order valence-electron chi connectivity index (χ0n) is 16.8. The van der Waals surface area contributed by atoms with E-state index in [0.29, 0.717) is 16.8 Å². The summed E-state index contributed by atoms with van der Waals surface area (Å²) >= 11 is 0. The van der Waals surface area contributed by atoms with E-state index in [2.05, 4.69) is 25.4 Å². The van der Waals surface area contributed by atoms with Crippen LogP contribution in [0.2, 0.25) is 0 Å². The van der Waals surface area contributed by atoms with Crippen molar-refractivity contribution in [3.63, 3.8) is 0 Å². The predicted molar refractivity (Wildman–Crippen MR) is 112 cm³/mol. The number of halogens is 2. The van der Waals surface area contributed by atoms with Crippen LogP contribution in [0.4, 0.5) is 25.2 Å². The van der Waals surface area contributed by atoms with Crippen LogP contribution >= 0.6 is 0 Å². The molecule has 0 aliphatic carbocycles. The quantitative estimate of drug-likeness (QED) is 0.369. The van der Waals surface area contributed by atoms with Gasteiger partial charge in [-0.15, -0.1) is 0 Å². The molecule has 1 unspecified atom stereocenters. The summed E-state index contributed by atoms with van der Waals surface area (Å²) in [5, 5.41) is 15.6. The summed E-state index contributed by atoms with van der Waals surface area (Å²) in [6, 6.07) is 6.63. The van der Waals surface area contributed by atoms with Gasteiger partial charge in [-0.3, -0.25) is 0 Å². The number of pyridine rings is 1. The molecule has 0 fully saturated rings. The molecule has 10 nitrogen and oxygen atoms in total. The minimum absolute atomic E-state index is 0.0662. The molecule has 32 heavy (non-hydrogen) atoms. The van der Waals surface area contributed by atoms with Crippen molar-refractivity contribution in [1.82, 2.24) is 30.0 Å². The lowest BCUT2D eigenvalue weighted by atomic mass is 10.1. The van der Waals surface area contributed by atoms with Crippen molar-refractivity contribution in [2.45, 2.75) is 19.4 Å². The van der Waals surface area contributed by atoms with Gasteiger partial charge in [-0.25, -0.2) is 18.6 Å². The van der Waals surface area contributed by atoms with Gasteiger partial charge >= 0.3 is 6.09 Å². The van der Waals surface area contributed by atoms with Crippen molar-refractivity contribution in [3.8, 4) is 5.95 Å². The molecule has 3 aromatic heterocycles. The summed E-state index contributed by atoms with van der Waals surface area (Å²) in [5.74, 6) is -1.24. The zero-order valence-corrected chi connectivity index (χ0v) is 16.8. The molecule has 0 saturated carbocycles. The molecule has 0 radical (unpaired) electrons. The highest BCUT2D eigenvalue weighted by molar-refractivity contribution is 5.79. The minimum atomic E-state index is -1.27. The Morgan fingerprint density at radius 1 is 1.22 bits per heavy atom. The van der Waals surface area contributed by atoms with Gasteiger partial charge in [0.25, 0.3) is 5.95 Å². The van der Waals surface area contributed by atoms with Crippen LogP contribution < -0.4 is 16.8 Å². The van der Waals surface area contributed by atoms with Gasteiger partial charge < -0.3 is 21.9 Å². The topological polar surface area (TPSA) is 158 Å². The molecule has 6 N–H and O–H groups in total. The maximum Gasteiger partial charge on any atom is 0.405 e. The Hall–Kier alpha value is -4.35. The van der Waals surface area contributed by atoms with E-state index in [4.69, 9.17) is 16.6 Å².